The Hall–Kier alpha value is -0.610. The largest absolute Gasteiger partial charge is 0.383 e. The molecule has 0 radical (unpaired) electrons. The highest BCUT2D eigenvalue weighted by molar-refractivity contribution is 9.10. The average molecular weight is 285 g/mol. The maximum Gasteiger partial charge on any atom is 0.106 e. The normalized spacial score (nSPS) is 17.4. The summed E-state index contributed by atoms with van der Waals surface area (Å²) < 4.78 is 6.24. The predicted molar refractivity (Wildman–Crippen MR) is 68.7 cm³/mol. The van der Waals surface area contributed by atoms with Crippen LogP contribution in [0.3, 0.4) is 0 Å². The van der Waals surface area contributed by atoms with Crippen LogP contribution >= 0.6 is 15.9 Å². The number of rotatable bonds is 3. The van der Waals surface area contributed by atoms with E-state index in [0.29, 0.717) is 0 Å². The monoisotopic (exact) mass is 284 g/mol. The number of aryl methyl sites for hydroxylation is 1. The average Bonchev–Trinajstić information content (AvgIpc) is 2.29. The third-order valence-electron chi connectivity index (χ3n) is 2.97. The van der Waals surface area contributed by atoms with Crippen molar-refractivity contribution in [2.45, 2.75) is 19.8 Å². The Balaban J connectivity index is 1.88. The first kappa shape index (κ1) is 11.9. The molecule has 0 bridgehead atoms. The summed E-state index contributed by atoms with van der Waals surface area (Å²) in [6.45, 7) is 4.86. The van der Waals surface area contributed by atoms with Gasteiger partial charge in [-0.15, -0.1) is 0 Å². The number of ether oxygens (including phenoxy) is 1. The molecule has 3 nitrogen and oxygen atoms in total. The van der Waals surface area contributed by atoms with E-state index < -0.39 is 0 Å². The first-order valence-corrected chi connectivity index (χ1v) is 6.50. The minimum atomic E-state index is 0.733. The van der Waals surface area contributed by atoms with Crippen LogP contribution in [-0.2, 0) is 4.74 Å². The van der Waals surface area contributed by atoms with Crippen molar-refractivity contribution in [2.75, 3.05) is 25.1 Å². The zero-order valence-corrected chi connectivity index (χ0v) is 11.1. The molecular weight excluding hydrogens is 268 g/mol. The standard InChI is InChI=1S/C12H17BrN2O/c1-9-11(2-3-12(13)15-9)14-8-10-4-6-16-7-5-10/h2-3,10,14H,4-8H2,1H3. The Kier molecular flexibility index (Phi) is 4.18. The minimum Gasteiger partial charge on any atom is -0.383 e. The van der Waals surface area contributed by atoms with Crippen molar-refractivity contribution in [3.63, 3.8) is 0 Å². The van der Waals surface area contributed by atoms with E-state index in [-0.39, 0.29) is 0 Å². The number of nitrogens with zero attached hydrogens (tertiary/aromatic N) is 1. The van der Waals surface area contributed by atoms with Crippen molar-refractivity contribution in [1.82, 2.24) is 4.98 Å². The molecule has 0 aliphatic carbocycles. The summed E-state index contributed by atoms with van der Waals surface area (Å²) in [6.07, 6.45) is 2.33. The van der Waals surface area contributed by atoms with Crippen LogP contribution in [0.4, 0.5) is 5.69 Å². The molecule has 0 spiro atoms. The lowest BCUT2D eigenvalue weighted by Crippen LogP contribution is -2.22. The van der Waals surface area contributed by atoms with Gasteiger partial charge in [0.1, 0.15) is 4.60 Å². The molecule has 88 valence electrons. The van der Waals surface area contributed by atoms with Gasteiger partial charge in [0, 0.05) is 19.8 Å². The number of hydrogen-bond donors (Lipinski definition) is 1. The van der Waals surface area contributed by atoms with Gasteiger partial charge in [-0.3, -0.25) is 0 Å². The second-order valence-electron chi connectivity index (χ2n) is 4.20. The number of halogens is 1. The Bertz CT molecular complexity index is 351. The van der Waals surface area contributed by atoms with Gasteiger partial charge in [-0.1, -0.05) is 0 Å². The van der Waals surface area contributed by atoms with Crippen molar-refractivity contribution >= 4 is 21.6 Å². The quantitative estimate of drug-likeness (QED) is 0.867. The lowest BCUT2D eigenvalue weighted by Gasteiger charge is -2.23. The van der Waals surface area contributed by atoms with Crippen LogP contribution in [0, 0.1) is 12.8 Å². The molecular formula is C12H17BrN2O. The SMILES string of the molecule is Cc1nc(Br)ccc1NCC1CCOCC1. The number of hydrogen-bond acceptors (Lipinski definition) is 3. The van der Waals surface area contributed by atoms with E-state index in [4.69, 9.17) is 4.74 Å². The van der Waals surface area contributed by atoms with Gasteiger partial charge < -0.3 is 10.1 Å². The Labute approximate surface area is 105 Å². The Morgan fingerprint density at radius 3 is 2.88 bits per heavy atom. The van der Waals surface area contributed by atoms with Gasteiger partial charge in [-0.25, -0.2) is 4.98 Å². The molecule has 16 heavy (non-hydrogen) atoms. The molecule has 0 unspecified atom stereocenters. The molecule has 2 heterocycles. The lowest BCUT2D eigenvalue weighted by atomic mass is 10.0. The fourth-order valence-corrected chi connectivity index (χ4v) is 2.32. The Morgan fingerprint density at radius 2 is 2.19 bits per heavy atom. The summed E-state index contributed by atoms with van der Waals surface area (Å²) in [5, 5.41) is 3.47. The molecule has 1 aromatic heterocycles. The third-order valence-corrected chi connectivity index (χ3v) is 3.42. The van der Waals surface area contributed by atoms with E-state index in [1.807, 2.05) is 13.0 Å². The third kappa shape index (κ3) is 3.19. The number of pyridine rings is 1. The molecule has 1 N–H and O–H groups in total. The predicted octanol–water partition coefficient (Wildman–Crippen LogP) is 2.99. The van der Waals surface area contributed by atoms with Crippen LogP contribution in [0.25, 0.3) is 0 Å². The zero-order chi connectivity index (χ0) is 11.4. The van der Waals surface area contributed by atoms with Crippen molar-refractivity contribution in [3.05, 3.63) is 22.4 Å². The van der Waals surface area contributed by atoms with Crippen LogP contribution in [-0.4, -0.2) is 24.7 Å². The zero-order valence-electron chi connectivity index (χ0n) is 9.50. The van der Waals surface area contributed by atoms with E-state index in [1.54, 1.807) is 0 Å². The molecule has 1 aliphatic rings. The molecule has 4 heteroatoms. The van der Waals surface area contributed by atoms with E-state index in [9.17, 15) is 0 Å². The fourth-order valence-electron chi connectivity index (χ4n) is 1.92. The summed E-state index contributed by atoms with van der Waals surface area (Å²) >= 11 is 3.37. The van der Waals surface area contributed by atoms with E-state index >= 15 is 0 Å². The maximum absolute atomic E-state index is 5.34. The number of anilines is 1. The topological polar surface area (TPSA) is 34.2 Å². The van der Waals surface area contributed by atoms with E-state index in [0.717, 1.165) is 54.5 Å². The van der Waals surface area contributed by atoms with Crippen LogP contribution < -0.4 is 5.32 Å². The van der Waals surface area contributed by atoms with Gasteiger partial charge >= 0.3 is 0 Å². The van der Waals surface area contributed by atoms with Gasteiger partial charge in [0.25, 0.3) is 0 Å². The summed E-state index contributed by atoms with van der Waals surface area (Å²) in [5.41, 5.74) is 2.18. The molecule has 1 saturated heterocycles. The lowest BCUT2D eigenvalue weighted by molar-refractivity contribution is 0.0699. The molecule has 1 fully saturated rings. The molecule has 0 amide bonds. The van der Waals surface area contributed by atoms with Gasteiger partial charge in [0.05, 0.1) is 11.4 Å². The van der Waals surface area contributed by atoms with Gasteiger partial charge in [0.2, 0.25) is 0 Å². The van der Waals surface area contributed by atoms with Crippen molar-refractivity contribution in [2.24, 2.45) is 5.92 Å². The first-order valence-electron chi connectivity index (χ1n) is 5.70. The summed E-state index contributed by atoms with van der Waals surface area (Å²) in [7, 11) is 0. The molecule has 1 aliphatic heterocycles. The number of nitrogens with one attached hydrogen (secondary N) is 1. The Morgan fingerprint density at radius 1 is 1.44 bits per heavy atom. The van der Waals surface area contributed by atoms with Crippen LogP contribution in [0.15, 0.2) is 16.7 Å². The van der Waals surface area contributed by atoms with Crippen molar-refractivity contribution in [1.29, 1.82) is 0 Å². The van der Waals surface area contributed by atoms with Crippen molar-refractivity contribution < 1.29 is 4.74 Å². The first-order chi connectivity index (χ1) is 7.75. The minimum absolute atomic E-state index is 0.733. The van der Waals surface area contributed by atoms with Crippen LogP contribution in [0.2, 0.25) is 0 Å². The van der Waals surface area contributed by atoms with Crippen LogP contribution in [0.1, 0.15) is 18.5 Å². The number of aromatic nitrogens is 1. The van der Waals surface area contributed by atoms with E-state index in [1.165, 1.54) is 0 Å². The highest BCUT2D eigenvalue weighted by Crippen LogP contribution is 2.19. The van der Waals surface area contributed by atoms with Gasteiger partial charge in [0.15, 0.2) is 0 Å². The maximum atomic E-state index is 5.34. The molecule has 0 aromatic carbocycles. The second-order valence-corrected chi connectivity index (χ2v) is 5.02. The molecule has 0 saturated carbocycles. The summed E-state index contributed by atoms with van der Waals surface area (Å²) in [5.74, 6) is 0.733. The molecule has 1 aromatic rings. The second kappa shape index (κ2) is 5.64. The van der Waals surface area contributed by atoms with Gasteiger partial charge in [-0.05, 0) is 53.7 Å². The summed E-state index contributed by atoms with van der Waals surface area (Å²) in [6, 6.07) is 4.05. The van der Waals surface area contributed by atoms with Crippen molar-refractivity contribution in [3.8, 4) is 0 Å². The smallest absolute Gasteiger partial charge is 0.106 e. The van der Waals surface area contributed by atoms with Crippen LogP contribution in [0.5, 0.6) is 0 Å². The van der Waals surface area contributed by atoms with Gasteiger partial charge in [-0.2, -0.15) is 0 Å². The highest BCUT2D eigenvalue weighted by Gasteiger charge is 2.13. The molecule has 0 atom stereocenters. The summed E-state index contributed by atoms with van der Waals surface area (Å²) in [4.78, 5) is 4.37. The fraction of sp³-hybridized carbons (Fsp3) is 0.583. The van der Waals surface area contributed by atoms with E-state index in [2.05, 4.69) is 32.3 Å². The highest BCUT2D eigenvalue weighted by atomic mass is 79.9. The molecule has 2 rings (SSSR count).